The zero-order valence-corrected chi connectivity index (χ0v) is 12.1. The quantitative estimate of drug-likeness (QED) is 0.843. The van der Waals surface area contributed by atoms with Gasteiger partial charge < -0.3 is 15.2 Å². The molecule has 0 saturated heterocycles. The van der Waals surface area contributed by atoms with Crippen molar-refractivity contribution in [2.24, 2.45) is 0 Å². The van der Waals surface area contributed by atoms with Crippen LogP contribution in [-0.2, 0) is 4.79 Å². The zero-order chi connectivity index (χ0) is 16.2. The molecule has 0 aliphatic heterocycles. The van der Waals surface area contributed by atoms with Crippen LogP contribution in [0.2, 0.25) is 0 Å². The van der Waals surface area contributed by atoms with E-state index in [0.29, 0.717) is 0 Å². The highest BCUT2D eigenvalue weighted by Crippen LogP contribution is 2.33. The highest BCUT2D eigenvalue weighted by atomic mass is 32.1. The molecule has 21 heavy (non-hydrogen) atoms. The van der Waals surface area contributed by atoms with E-state index in [4.69, 9.17) is 9.84 Å². The molecule has 0 unspecified atom stereocenters. The van der Waals surface area contributed by atoms with Crippen molar-refractivity contribution in [3.05, 3.63) is 15.8 Å². The molecular weight excluding hydrogens is 311 g/mol. The Morgan fingerprint density at radius 1 is 1.43 bits per heavy atom. The molecule has 0 radical (unpaired) electrons. The number of amides is 1. The maximum atomic E-state index is 11.9. The number of thiophene rings is 1. The number of ether oxygens (including phenoxy) is 1. The van der Waals surface area contributed by atoms with Gasteiger partial charge in [-0.2, -0.15) is 13.2 Å². The number of carbonyl (C=O) groups is 2. The van der Waals surface area contributed by atoms with Crippen molar-refractivity contribution in [2.75, 3.05) is 13.2 Å². The van der Waals surface area contributed by atoms with E-state index < -0.39 is 31.2 Å². The molecule has 2 N–H and O–H groups in total. The number of nitrogens with one attached hydrogen (secondary N) is 1. The Kier molecular flexibility index (Phi) is 5.59. The van der Waals surface area contributed by atoms with Crippen molar-refractivity contribution in [1.29, 1.82) is 0 Å². The Labute approximate surface area is 122 Å². The lowest BCUT2D eigenvalue weighted by Crippen LogP contribution is -2.36. The average molecular weight is 325 g/mol. The molecule has 1 aromatic heterocycles. The minimum Gasteiger partial charge on any atom is -0.482 e. The Balaban J connectivity index is 2.66. The van der Waals surface area contributed by atoms with E-state index in [9.17, 15) is 22.8 Å². The number of hydrogen-bond acceptors (Lipinski definition) is 4. The van der Waals surface area contributed by atoms with E-state index in [2.05, 4.69) is 0 Å². The van der Waals surface area contributed by atoms with Gasteiger partial charge in [0.15, 0.2) is 11.5 Å². The third-order valence-corrected chi connectivity index (χ3v) is 3.73. The summed E-state index contributed by atoms with van der Waals surface area (Å²) in [6.45, 7) is 1.58. The molecule has 1 amide bonds. The number of rotatable bonds is 6. The average Bonchev–Trinajstić information content (AvgIpc) is 2.77. The number of carbonyl (C=O) groups excluding carboxylic acids is 1. The molecule has 1 aromatic rings. The Morgan fingerprint density at radius 3 is 2.52 bits per heavy atom. The second-order valence-corrected chi connectivity index (χ2v) is 5.57. The number of halogens is 3. The van der Waals surface area contributed by atoms with Gasteiger partial charge in [0, 0.05) is 4.88 Å². The summed E-state index contributed by atoms with van der Waals surface area (Å²) in [6, 6.07) is 1.48. The van der Waals surface area contributed by atoms with Crippen molar-refractivity contribution in [3.63, 3.8) is 0 Å². The molecule has 0 fully saturated rings. The van der Waals surface area contributed by atoms with E-state index >= 15 is 0 Å². The van der Waals surface area contributed by atoms with Crippen molar-refractivity contribution < 1.29 is 32.6 Å². The van der Waals surface area contributed by atoms with Crippen molar-refractivity contribution in [2.45, 2.75) is 25.9 Å². The van der Waals surface area contributed by atoms with Gasteiger partial charge in [-0.25, -0.2) is 4.79 Å². The number of hydrogen-bond donors (Lipinski definition) is 2. The van der Waals surface area contributed by atoms with Crippen LogP contribution < -0.4 is 10.1 Å². The molecule has 5 nitrogen and oxygen atoms in total. The molecule has 0 aliphatic rings. The van der Waals surface area contributed by atoms with Gasteiger partial charge in [0.2, 0.25) is 0 Å². The smallest absolute Gasteiger partial charge is 0.405 e. The summed E-state index contributed by atoms with van der Waals surface area (Å²) in [5.41, 5.74) is 0. The minimum absolute atomic E-state index is 0.0154. The lowest BCUT2D eigenvalue weighted by molar-refractivity contribution is -0.139. The molecule has 9 heteroatoms. The van der Waals surface area contributed by atoms with Crippen LogP contribution in [0.4, 0.5) is 13.2 Å². The first-order chi connectivity index (χ1) is 9.60. The summed E-state index contributed by atoms with van der Waals surface area (Å²) >= 11 is 1.01. The third kappa shape index (κ3) is 5.62. The molecule has 0 aromatic carbocycles. The molecule has 1 rings (SSSR count). The molecule has 1 heterocycles. The second kappa shape index (κ2) is 6.79. The monoisotopic (exact) mass is 325 g/mol. The lowest BCUT2D eigenvalue weighted by atomic mass is 10.2. The first-order valence-electron chi connectivity index (χ1n) is 5.93. The summed E-state index contributed by atoms with van der Waals surface area (Å²) in [7, 11) is 0. The zero-order valence-electron chi connectivity index (χ0n) is 11.3. The van der Waals surface area contributed by atoms with Gasteiger partial charge >= 0.3 is 12.1 Å². The maximum absolute atomic E-state index is 11.9. The lowest BCUT2D eigenvalue weighted by Gasteiger charge is -2.09. The summed E-state index contributed by atoms with van der Waals surface area (Å²) < 4.78 is 40.7. The topological polar surface area (TPSA) is 75.6 Å². The molecule has 0 spiro atoms. The first kappa shape index (κ1) is 17.3. The largest absolute Gasteiger partial charge is 0.482 e. The predicted octanol–water partition coefficient (Wildman–Crippen LogP) is 2.63. The van der Waals surface area contributed by atoms with Gasteiger partial charge in [-0.15, -0.1) is 11.3 Å². The van der Waals surface area contributed by atoms with Gasteiger partial charge in [0.05, 0.1) is 0 Å². The van der Waals surface area contributed by atoms with Crippen LogP contribution in [0.15, 0.2) is 6.07 Å². The van der Waals surface area contributed by atoms with Crippen LogP contribution in [-0.4, -0.2) is 36.3 Å². The summed E-state index contributed by atoms with van der Waals surface area (Å²) in [6.07, 6.45) is -4.50. The molecule has 0 saturated carbocycles. The fourth-order valence-corrected chi connectivity index (χ4v) is 2.27. The second-order valence-electron chi connectivity index (χ2n) is 4.48. The Morgan fingerprint density at radius 2 is 2.05 bits per heavy atom. The number of carboxylic acids is 1. The van der Waals surface area contributed by atoms with Crippen LogP contribution in [0.3, 0.4) is 0 Å². The summed E-state index contributed by atoms with van der Waals surface area (Å²) in [4.78, 5) is 22.9. The van der Waals surface area contributed by atoms with Crippen LogP contribution >= 0.6 is 11.3 Å². The van der Waals surface area contributed by atoms with Gasteiger partial charge in [-0.05, 0) is 12.0 Å². The van der Waals surface area contributed by atoms with Crippen molar-refractivity contribution in [1.82, 2.24) is 5.32 Å². The van der Waals surface area contributed by atoms with Gasteiger partial charge in [-0.3, -0.25) is 4.79 Å². The highest BCUT2D eigenvalue weighted by molar-refractivity contribution is 7.14. The standard InChI is InChI=1S/C12H14F3NO4S/c1-6(2)8-3-7(10(21-8)11(18)19)20-4-9(17)16-5-12(13,14)15/h3,6H,4-5H2,1-2H3,(H,16,17)(H,18,19). The predicted molar refractivity (Wildman–Crippen MR) is 69.9 cm³/mol. The fourth-order valence-electron chi connectivity index (χ4n) is 1.33. The fraction of sp³-hybridized carbons (Fsp3) is 0.500. The molecular formula is C12H14F3NO4S. The van der Waals surface area contributed by atoms with E-state index in [-0.39, 0.29) is 16.5 Å². The van der Waals surface area contributed by atoms with Gasteiger partial charge in [-0.1, -0.05) is 13.8 Å². The van der Waals surface area contributed by atoms with Gasteiger partial charge in [0.25, 0.3) is 5.91 Å². The maximum Gasteiger partial charge on any atom is 0.405 e. The first-order valence-corrected chi connectivity index (χ1v) is 6.75. The van der Waals surface area contributed by atoms with Crippen LogP contribution in [0.25, 0.3) is 0 Å². The van der Waals surface area contributed by atoms with Crippen molar-refractivity contribution in [3.8, 4) is 5.75 Å². The summed E-state index contributed by atoms with van der Waals surface area (Å²) in [5, 5.41) is 10.7. The van der Waals surface area contributed by atoms with Crippen LogP contribution in [0.5, 0.6) is 5.75 Å². The molecule has 0 aliphatic carbocycles. The van der Waals surface area contributed by atoms with E-state index in [0.717, 1.165) is 16.2 Å². The third-order valence-electron chi connectivity index (χ3n) is 2.33. The number of carboxylic acid groups (broad SMARTS) is 1. The van der Waals surface area contributed by atoms with E-state index in [1.807, 2.05) is 13.8 Å². The van der Waals surface area contributed by atoms with E-state index in [1.54, 1.807) is 5.32 Å². The highest BCUT2D eigenvalue weighted by Gasteiger charge is 2.28. The van der Waals surface area contributed by atoms with E-state index in [1.165, 1.54) is 6.07 Å². The Hall–Kier alpha value is -1.77. The number of alkyl halides is 3. The molecule has 0 bridgehead atoms. The number of aromatic carboxylic acids is 1. The Bertz CT molecular complexity index is 525. The van der Waals surface area contributed by atoms with Crippen LogP contribution in [0.1, 0.15) is 34.3 Å². The molecule has 118 valence electrons. The van der Waals surface area contributed by atoms with Crippen molar-refractivity contribution >= 4 is 23.2 Å². The molecule has 0 atom stereocenters. The van der Waals surface area contributed by atoms with Gasteiger partial charge in [0.1, 0.15) is 12.3 Å². The summed E-state index contributed by atoms with van der Waals surface area (Å²) in [5.74, 6) is -2.12. The normalized spacial score (nSPS) is 11.5. The SMILES string of the molecule is CC(C)c1cc(OCC(=O)NCC(F)(F)F)c(C(=O)O)s1. The minimum atomic E-state index is -4.50. The van der Waals surface area contributed by atoms with Crippen LogP contribution in [0, 0.1) is 0 Å².